The normalized spacial score (nSPS) is 15.0. The molecule has 0 aromatic heterocycles. The zero-order valence-electron chi connectivity index (χ0n) is 16.5. The van der Waals surface area contributed by atoms with E-state index in [1.54, 1.807) is 27.8 Å². The van der Waals surface area contributed by atoms with Gasteiger partial charge in [-0.3, -0.25) is 9.59 Å². The molecule has 0 fully saturated rings. The Morgan fingerprint density at radius 3 is 2.04 bits per heavy atom. The molecule has 0 aliphatic heterocycles. The SMILES string of the molecule is CNC(C)C(=O)NC(C(=O)NC(CCCCNS(C)(=O)=O)C(=O)O)C(C)C. The maximum absolute atomic E-state index is 12.5. The van der Waals surface area contributed by atoms with Crippen LogP contribution in [0.25, 0.3) is 0 Å². The van der Waals surface area contributed by atoms with Gasteiger partial charge in [-0.1, -0.05) is 13.8 Å². The average Bonchev–Trinajstić information content (AvgIpc) is 2.55. The molecule has 0 saturated carbocycles. The Morgan fingerprint density at radius 1 is 1.00 bits per heavy atom. The average molecular weight is 409 g/mol. The number of rotatable bonds is 13. The van der Waals surface area contributed by atoms with Gasteiger partial charge in [0.05, 0.1) is 12.3 Å². The molecule has 11 heteroatoms. The summed E-state index contributed by atoms with van der Waals surface area (Å²) in [6.07, 6.45) is 2.05. The van der Waals surface area contributed by atoms with Crippen LogP contribution in [0.5, 0.6) is 0 Å². The minimum atomic E-state index is -3.28. The van der Waals surface area contributed by atoms with Crippen LogP contribution in [0.3, 0.4) is 0 Å². The van der Waals surface area contributed by atoms with Crippen molar-refractivity contribution in [2.24, 2.45) is 5.92 Å². The van der Waals surface area contributed by atoms with Gasteiger partial charge < -0.3 is 21.1 Å². The highest BCUT2D eigenvalue weighted by Crippen LogP contribution is 2.06. The quantitative estimate of drug-likeness (QED) is 0.246. The molecular formula is C16H32N4O6S. The number of aliphatic carboxylic acids is 1. The third-order valence-electron chi connectivity index (χ3n) is 3.97. The standard InChI is InChI=1S/C16H32N4O6S/c1-10(2)13(20-14(21)11(3)17-4)15(22)19-12(16(23)24)8-6-7-9-18-27(5,25)26/h10-13,17-18H,6-9H2,1-5H3,(H,19,22)(H,20,21)(H,23,24). The lowest BCUT2D eigenvalue weighted by atomic mass is 10.0. The van der Waals surface area contributed by atoms with Crippen LogP contribution >= 0.6 is 0 Å². The first kappa shape index (κ1) is 25.3. The molecule has 0 rings (SSSR count). The van der Waals surface area contributed by atoms with Crippen LogP contribution in [0.15, 0.2) is 0 Å². The number of hydrogen-bond acceptors (Lipinski definition) is 6. The second-order valence-corrected chi connectivity index (χ2v) is 8.64. The van der Waals surface area contributed by atoms with E-state index in [-0.39, 0.29) is 24.8 Å². The van der Waals surface area contributed by atoms with Crippen molar-refractivity contribution in [3.63, 3.8) is 0 Å². The van der Waals surface area contributed by atoms with Gasteiger partial charge in [-0.2, -0.15) is 0 Å². The first-order chi connectivity index (χ1) is 12.4. The molecule has 0 aliphatic rings. The lowest BCUT2D eigenvalue weighted by molar-refractivity contribution is -0.142. The minimum Gasteiger partial charge on any atom is -0.480 e. The molecule has 27 heavy (non-hydrogen) atoms. The largest absolute Gasteiger partial charge is 0.480 e. The fraction of sp³-hybridized carbons (Fsp3) is 0.812. The van der Waals surface area contributed by atoms with Crippen molar-refractivity contribution in [1.29, 1.82) is 0 Å². The van der Waals surface area contributed by atoms with E-state index < -0.39 is 40.0 Å². The molecule has 2 amide bonds. The number of amides is 2. The molecule has 0 heterocycles. The summed E-state index contributed by atoms with van der Waals surface area (Å²) in [4.78, 5) is 35.9. The smallest absolute Gasteiger partial charge is 0.326 e. The van der Waals surface area contributed by atoms with Crippen molar-refractivity contribution in [2.45, 2.75) is 58.2 Å². The van der Waals surface area contributed by atoms with E-state index in [0.29, 0.717) is 12.8 Å². The zero-order chi connectivity index (χ0) is 21.2. The number of carbonyl (C=O) groups is 3. The van der Waals surface area contributed by atoms with E-state index in [1.807, 2.05) is 0 Å². The number of sulfonamides is 1. The highest BCUT2D eigenvalue weighted by atomic mass is 32.2. The topological polar surface area (TPSA) is 154 Å². The molecule has 0 aromatic rings. The highest BCUT2D eigenvalue weighted by molar-refractivity contribution is 7.88. The van der Waals surface area contributed by atoms with Gasteiger partial charge in [-0.25, -0.2) is 17.9 Å². The lowest BCUT2D eigenvalue weighted by Gasteiger charge is -2.25. The van der Waals surface area contributed by atoms with Gasteiger partial charge in [0.15, 0.2) is 0 Å². The summed E-state index contributed by atoms with van der Waals surface area (Å²) in [5, 5.41) is 17.2. The number of carbonyl (C=O) groups excluding carboxylic acids is 2. The Hall–Kier alpha value is -1.72. The second kappa shape index (κ2) is 11.9. The van der Waals surface area contributed by atoms with Crippen LogP contribution in [-0.2, 0) is 24.4 Å². The summed E-state index contributed by atoms with van der Waals surface area (Å²) < 4.78 is 24.3. The minimum absolute atomic E-state index is 0.151. The van der Waals surface area contributed by atoms with Crippen molar-refractivity contribution in [1.82, 2.24) is 20.7 Å². The molecule has 0 bridgehead atoms. The molecule has 158 valence electrons. The van der Waals surface area contributed by atoms with Crippen LogP contribution in [-0.4, -0.2) is 69.3 Å². The van der Waals surface area contributed by atoms with Gasteiger partial charge >= 0.3 is 5.97 Å². The van der Waals surface area contributed by atoms with Crippen LogP contribution in [0, 0.1) is 5.92 Å². The van der Waals surface area contributed by atoms with E-state index in [2.05, 4.69) is 20.7 Å². The fourth-order valence-electron chi connectivity index (χ4n) is 2.19. The Kier molecular flexibility index (Phi) is 11.1. The summed E-state index contributed by atoms with van der Waals surface area (Å²) >= 11 is 0. The van der Waals surface area contributed by atoms with Crippen molar-refractivity contribution in [3.05, 3.63) is 0 Å². The molecule has 0 radical (unpaired) electrons. The van der Waals surface area contributed by atoms with Crippen LogP contribution in [0.4, 0.5) is 0 Å². The molecule has 0 spiro atoms. The van der Waals surface area contributed by atoms with Crippen molar-refractivity contribution < 1.29 is 27.9 Å². The van der Waals surface area contributed by atoms with Gasteiger partial charge in [0.2, 0.25) is 21.8 Å². The molecule has 3 unspecified atom stereocenters. The van der Waals surface area contributed by atoms with E-state index in [0.717, 1.165) is 6.26 Å². The summed E-state index contributed by atoms with van der Waals surface area (Å²) in [6.45, 7) is 5.35. The Balaban J connectivity index is 4.73. The first-order valence-electron chi connectivity index (χ1n) is 8.84. The van der Waals surface area contributed by atoms with E-state index >= 15 is 0 Å². The number of carboxylic acids is 1. The maximum atomic E-state index is 12.5. The number of unbranched alkanes of at least 4 members (excludes halogenated alkanes) is 1. The van der Waals surface area contributed by atoms with Crippen LogP contribution < -0.4 is 20.7 Å². The third kappa shape index (κ3) is 10.9. The molecule has 3 atom stereocenters. The van der Waals surface area contributed by atoms with Crippen molar-refractivity contribution in [3.8, 4) is 0 Å². The second-order valence-electron chi connectivity index (χ2n) is 6.80. The molecule has 0 aromatic carbocycles. The monoisotopic (exact) mass is 408 g/mol. The maximum Gasteiger partial charge on any atom is 0.326 e. The molecule has 0 aliphatic carbocycles. The van der Waals surface area contributed by atoms with E-state index in [4.69, 9.17) is 0 Å². The number of carboxylic acid groups (broad SMARTS) is 1. The Morgan fingerprint density at radius 2 is 1.59 bits per heavy atom. The molecule has 10 nitrogen and oxygen atoms in total. The van der Waals surface area contributed by atoms with Crippen LogP contribution in [0.1, 0.15) is 40.0 Å². The summed E-state index contributed by atoms with van der Waals surface area (Å²) in [5.74, 6) is -2.34. The molecular weight excluding hydrogens is 376 g/mol. The molecule has 0 saturated heterocycles. The summed E-state index contributed by atoms with van der Waals surface area (Å²) in [5.41, 5.74) is 0. The van der Waals surface area contributed by atoms with Gasteiger partial charge in [0.25, 0.3) is 0 Å². The van der Waals surface area contributed by atoms with Gasteiger partial charge in [-0.05, 0) is 39.2 Å². The first-order valence-corrected chi connectivity index (χ1v) is 10.7. The number of hydrogen-bond donors (Lipinski definition) is 5. The van der Waals surface area contributed by atoms with Gasteiger partial charge in [-0.15, -0.1) is 0 Å². The Bertz CT molecular complexity index is 608. The highest BCUT2D eigenvalue weighted by Gasteiger charge is 2.29. The number of nitrogens with one attached hydrogen (secondary N) is 4. The third-order valence-corrected chi connectivity index (χ3v) is 4.70. The zero-order valence-corrected chi connectivity index (χ0v) is 17.4. The van der Waals surface area contributed by atoms with Gasteiger partial charge in [0.1, 0.15) is 12.1 Å². The predicted octanol–water partition coefficient (Wildman–Crippen LogP) is -0.976. The predicted molar refractivity (Wildman–Crippen MR) is 102 cm³/mol. The summed E-state index contributed by atoms with van der Waals surface area (Å²) in [7, 11) is -1.66. The lowest BCUT2D eigenvalue weighted by Crippen LogP contribution is -2.56. The summed E-state index contributed by atoms with van der Waals surface area (Å²) in [6, 6.07) is -2.46. The van der Waals surface area contributed by atoms with Crippen LogP contribution in [0.2, 0.25) is 0 Å². The van der Waals surface area contributed by atoms with Crippen molar-refractivity contribution in [2.75, 3.05) is 19.8 Å². The van der Waals surface area contributed by atoms with E-state index in [1.165, 1.54) is 0 Å². The fourth-order valence-corrected chi connectivity index (χ4v) is 2.71. The Labute approximate surface area is 160 Å². The van der Waals surface area contributed by atoms with E-state index in [9.17, 15) is 27.9 Å². The van der Waals surface area contributed by atoms with Crippen molar-refractivity contribution >= 4 is 27.8 Å². The molecule has 5 N–H and O–H groups in total. The van der Waals surface area contributed by atoms with Gasteiger partial charge in [0, 0.05) is 6.54 Å². The number of likely N-dealkylation sites (N-methyl/N-ethyl adjacent to an activating group) is 1.